The standard InChI is InChI=1S/C20H25N3O3/c21-14-20(10-1-2-11-20)19(25)22-12-9-15-3-7-17(8-4-15)26-13-18(24)23-16-5-6-16/h3-4,7-8,16H,1-2,5-6,9-13H2,(H,22,25)(H,23,24). The van der Waals surface area contributed by atoms with E-state index in [-0.39, 0.29) is 18.4 Å². The fraction of sp³-hybridized carbons (Fsp3) is 0.550. The highest BCUT2D eigenvalue weighted by Gasteiger charge is 2.41. The van der Waals surface area contributed by atoms with Crippen molar-refractivity contribution >= 4 is 11.8 Å². The third-order valence-electron chi connectivity index (χ3n) is 5.04. The van der Waals surface area contributed by atoms with Crippen LogP contribution in [-0.2, 0) is 16.0 Å². The first-order valence-corrected chi connectivity index (χ1v) is 9.32. The van der Waals surface area contributed by atoms with E-state index in [4.69, 9.17) is 4.74 Å². The third-order valence-corrected chi connectivity index (χ3v) is 5.04. The van der Waals surface area contributed by atoms with E-state index in [1.165, 1.54) is 0 Å². The number of ether oxygens (including phenoxy) is 1. The minimum atomic E-state index is -0.821. The van der Waals surface area contributed by atoms with Gasteiger partial charge in [0.1, 0.15) is 11.2 Å². The summed E-state index contributed by atoms with van der Waals surface area (Å²) in [5.74, 6) is 0.426. The Labute approximate surface area is 153 Å². The molecule has 26 heavy (non-hydrogen) atoms. The van der Waals surface area contributed by atoms with Crippen molar-refractivity contribution in [1.82, 2.24) is 10.6 Å². The number of amides is 2. The van der Waals surface area contributed by atoms with Crippen LogP contribution in [-0.4, -0.2) is 31.0 Å². The second-order valence-corrected chi connectivity index (χ2v) is 7.18. The van der Waals surface area contributed by atoms with E-state index in [1.54, 1.807) is 0 Å². The molecule has 3 rings (SSSR count). The molecule has 0 atom stereocenters. The first-order chi connectivity index (χ1) is 12.6. The Morgan fingerprint density at radius 1 is 1.19 bits per heavy atom. The van der Waals surface area contributed by atoms with Gasteiger partial charge in [-0.1, -0.05) is 25.0 Å². The lowest BCUT2D eigenvalue weighted by atomic mass is 9.87. The summed E-state index contributed by atoms with van der Waals surface area (Å²) in [6.07, 6.45) is 6.03. The van der Waals surface area contributed by atoms with Gasteiger partial charge in [-0.25, -0.2) is 0 Å². The molecular formula is C20H25N3O3. The van der Waals surface area contributed by atoms with Crippen LogP contribution in [0.2, 0.25) is 0 Å². The summed E-state index contributed by atoms with van der Waals surface area (Å²) < 4.78 is 5.47. The Morgan fingerprint density at radius 3 is 2.50 bits per heavy atom. The Morgan fingerprint density at radius 2 is 1.88 bits per heavy atom. The number of benzene rings is 1. The SMILES string of the molecule is N#CC1(C(=O)NCCc2ccc(OCC(=O)NC3CC3)cc2)CCCC1. The fourth-order valence-corrected chi connectivity index (χ4v) is 3.26. The molecule has 0 aromatic heterocycles. The van der Waals surface area contributed by atoms with E-state index in [9.17, 15) is 14.9 Å². The molecule has 1 aromatic rings. The maximum absolute atomic E-state index is 12.3. The molecule has 1 aromatic carbocycles. The number of nitrogens with zero attached hydrogens (tertiary/aromatic N) is 1. The van der Waals surface area contributed by atoms with Crippen LogP contribution in [0.5, 0.6) is 5.75 Å². The number of nitrogens with one attached hydrogen (secondary N) is 2. The van der Waals surface area contributed by atoms with Crippen molar-refractivity contribution in [3.63, 3.8) is 0 Å². The summed E-state index contributed by atoms with van der Waals surface area (Å²) in [7, 11) is 0. The molecule has 0 spiro atoms. The largest absolute Gasteiger partial charge is 0.484 e. The predicted molar refractivity (Wildman–Crippen MR) is 96.3 cm³/mol. The maximum Gasteiger partial charge on any atom is 0.258 e. The van der Waals surface area contributed by atoms with E-state index in [1.807, 2.05) is 24.3 Å². The van der Waals surface area contributed by atoms with Crippen molar-refractivity contribution in [3.05, 3.63) is 29.8 Å². The molecule has 2 aliphatic carbocycles. The normalized spacial score (nSPS) is 18.0. The summed E-state index contributed by atoms with van der Waals surface area (Å²) in [6.45, 7) is 0.536. The van der Waals surface area contributed by atoms with Crippen molar-refractivity contribution in [2.24, 2.45) is 5.41 Å². The monoisotopic (exact) mass is 355 g/mol. The van der Waals surface area contributed by atoms with Gasteiger partial charge in [0.25, 0.3) is 5.91 Å². The van der Waals surface area contributed by atoms with Gasteiger partial charge in [-0.15, -0.1) is 0 Å². The lowest BCUT2D eigenvalue weighted by molar-refractivity contribution is -0.128. The minimum Gasteiger partial charge on any atom is -0.484 e. The average Bonchev–Trinajstić information content (AvgIpc) is 3.33. The molecule has 0 unspecified atom stereocenters. The Kier molecular flexibility index (Phi) is 5.77. The highest BCUT2D eigenvalue weighted by Crippen LogP contribution is 2.37. The molecule has 0 heterocycles. The maximum atomic E-state index is 12.3. The molecule has 2 aliphatic rings. The lowest BCUT2D eigenvalue weighted by Crippen LogP contribution is -2.39. The van der Waals surface area contributed by atoms with Gasteiger partial charge in [0.15, 0.2) is 6.61 Å². The molecule has 0 aliphatic heterocycles. The molecule has 2 amide bonds. The number of nitriles is 1. The summed E-state index contributed by atoms with van der Waals surface area (Å²) >= 11 is 0. The average molecular weight is 355 g/mol. The number of hydrogen-bond acceptors (Lipinski definition) is 4. The first kappa shape index (κ1) is 18.2. The fourth-order valence-electron chi connectivity index (χ4n) is 3.26. The van der Waals surface area contributed by atoms with Gasteiger partial charge in [0.2, 0.25) is 5.91 Å². The molecule has 2 fully saturated rings. The highest BCUT2D eigenvalue weighted by atomic mass is 16.5. The molecule has 0 radical (unpaired) electrons. The molecule has 6 nitrogen and oxygen atoms in total. The van der Waals surface area contributed by atoms with E-state index in [0.717, 1.165) is 31.2 Å². The van der Waals surface area contributed by atoms with Crippen LogP contribution in [0.25, 0.3) is 0 Å². The van der Waals surface area contributed by atoms with Crippen molar-refractivity contribution < 1.29 is 14.3 Å². The number of rotatable bonds is 8. The molecular weight excluding hydrogens is 330 g/mol. The van der Waals surface area contributed by atoms with Gasteiger partial charge in [-0.3, -0.25) is 9.59 Å². The van der Waals surface area contributed by atoms with Crippen molar-refractivity contribution in [2.75, 3.05) is 13.2 Å². The minimum absolute atomic E-state index is 0.0299. The summed E-state index contributed by atoms with van der Waals surface area (Å²) in [6, 6.07) is 10.1. The van der Waals surface area contributed by atoms with Crippen molar-refractivity contribution in [3.8, 4) is 11.8 Å². The quantitative estimate of drug-likeness (QED) is 0.747. The molecule has 0 bridgehead atoms. The molecule has 138 valence electrons. The topological polar surface area (TPSA) is 91.2 Å². The van der Waals surface area contributed by atoms with Gasteiger partial charge in [0.05, 0.1) is 6.07 Å². The van der Waals surface area contributed by atoms with Crippen LogP contribution in [0.3, 0.4) is 0 Å². The molecule has 2 saturated carbocycles. The lowest BCUT2D eigenvalue weighted by Gasteiger charge is -2.19. The van der Waals surface area contributed by atoms with E-state index in [0.29, 0.717) is 37.6 Å². The predicted octanol–water partition coefficient (Wildman–Crippen LogP) is 2.09. The second kappa shape index (κ2) is 8.22. The second-order valence-electron chi connectivity index (χ2n) is 7.18. The van der Waals surface area contributed by atoms with Gasteiger partial charge in [0, 0.05) is 12.6 Å². The summed E-state index contributed by atoms with van der Waals surface area (Å²) in [5.41, 5.74) is 0.246. The number of carbonyl (C=O) groups excluding carboxylic acids is 2. The van der Waals surface area contributed by atoms with Gasteiger partial charge >= 0.3 is 0 Å². The summed E-state index contributed by atoms with van der Waals surface area (Å²) in [4.78, 5) is 23.9. The zero-order valence-electron chi connectivity index (χ0n) is 14.9. The van der Waals surface area contributed by atoms with Crippen LogP contribution in [0.15, 0.2) is 24.3 Å². The van der Waals surface area contributed by atoms with Crippen LogP contribution in [0.1, 0.15) is 44.1 Å². The Balaban J connectivity index is 1.39. The molecule has 6 heteroatoms. The first-order valence-electron chi connectivity index (χ1n) is 9.32. The van der Waals surface area contributed by atoms with Crippen molar-refractivity contribution in [1.29, 1.82) is 5.26 Å². The van der Waals surface area contributed by atoms with Gasteiger partial charge in [-0.2, -0.15) is 5.26 Å². The summed E-state index contributed by atoms with van der Waals surface area (Å²) in [5, 5.41) is 15.1. The molecule has 0 saturated heterocycles. The van der Waals surface area contributed by atoms with Crippen LogP contribution >= 0.6 is 0 Å². The smallest absolute Gasteiger partial charge is 0.258 e. The Hall–Kier alpha value is -2.55. The zero-order chi connectivity index (χ0) is 18.4. The number of hydrogen-bond donors (Lipinski definition) is 2. The van der Waals surface area contributed by atoms with E-state index in [2.05, 4.69) is 16.7 Å². The van der Waals surface area contributed by atoms with E-state index >= 15 is 0 Å². The number of carbonyl (C=O) groups is 2. The van der Waals surface area contributed by atoms with Gasteiger partial charge < -0.3 is 15.4 Å². The zero-order valence-corrected chi connectivity index (χ0v) is 14.9. The van der Waals surface area contributed by atoms with Crippen LogP contribution in [0.4, 0.5) is 0 Å². The third kappa shape index (κ3) is 4.75. The van der Waals surface area contributed by atoms with Crippen LogP contribution in [0, 0.1) is 16.7 Å². The van der Waals surface area contributed by atoms with Crippen molar-refractivity contribution in [2.45, 2.75) is 51.0 Å². The highest BCUT2D eigenvalue weighted by molar-refractivity contribution is 5.85. The van der Waals surface area contributed by atoms with Gasteiger partial charge in [-0.05, 0) is 49.8 Å². The van der Waals surface area contributed by atoms with Crippen LogP contribution < -0.4 is 15.4 Å². The molecule has 2 N–H and O–H groups in total. The van der Waals surface area contributed by atoms with E-state index < -0.39 is 5.41 Å². The Bertz CT molecular complexity index is 683.